The molecule has 3 rings (SSSR count). The number of anilines is 2. The van der Waals surface area contributed by atoms with Gasteiger partial charge >= 0.3 is 0 Å². The van der Waals surface area contributed by atoms with Crippen LogP contribution in [0.4, 0.5) is 15.9 Å². The Morgan fingerprint density at radius 3 is 2.42 bits per heavy atom. The number of methoxy groups -OCH3 is 2. The lowest BCUT2D eigenvalue weighted by Gasteiger charge is -2.22. The van der Waals surface area contributed by atoms with Crippen LogP contribution in [0.3, 0.4) is 0 Å². The number of hydrogen-bond donors (Lipinski definition) is 2. The summed E-state index contributed by atoms with van der Waals surface area (Å²) in [6, 6.07) is 12.3. The largest absolute Gasteiger partial charge is 0.493 e. The van der Waals surface area contributed by atoms with Crippen LogP contribution >= 0.6 is 0 Å². The Hall–Kier alpha value is -3.33. The molecule has 7 nitrogen and oxygen atoms in total. The van der Waals surface area contributed by atoms with Crippen molar-refractivity contribution < 1.29 is 22.3 Å². The number of benzene rings is 2. The number of halogens is 1. The van der Waals surface area contributed by atoms with Gasteiger partial charge in [-0.05, 0) is 29.8 Å². The minimum Gasteiger partial charge on any atom is -0.493 e. The fourth-order valence-electron chi connectivity index (χ4n) is 3.26. The smallest absolute Gasteiger partial charge is 0.161 e. The molecule has 0 aliphatic carbocycles. The molecule has 0 amide bonds. The summed E-state index contributed by atoms with van der Waals surface area (Å²) < 4.78 is 49.1. The lowest BCUT2D eigenvalue weighted by atomic mass is 10.0. The van der Waals surface area contributed by atoms with E-state index in [9.17, 15) is 12.8 Å². The summed E-state index contributed by atoms with van der Waals surface area (Å²) in [4.78, 5) is 4.26. The highest BCUT2D eigenvalue weighted by molar-refractivity contribution is 7.90. The topological polar surface area (TPSA) is 104 Å². The van der Waals surface area contributed by atoms with Crippen molar-refractivity contribution >= 4 is 21.3 Å². The molecule has 0 saturated heterocycles. The predicted octanol–water partition coefficient (Wildman–Crippen LogP) is 3.68. The average molecular weight is 446 g/mol. The van der Waals surface area contributed by atoms with Gasteiger partial charge in [-0.1, -0.05) is 24.3 Å². The molecule has 1 unspecified atom stereocenters. The highest BCUT2D eigenvalue weighted by Gasteiger charge is 2.22. The first-order valence-corrected chi connectivity index (χ1v) is 11.4. The van der Waals surface area contributed by atoms with E-state index in [1.165, 1.54) is 26.5 Å². The van der Waals surface area contributed by atoms with E-state index in [4.69, 9.17) is 15.2 Å². The molecule has 164 valence electrons. The first kappa shape index (κ1) is 22.4. The van der Waals surface area contributed by atoms with Crippen molar-refractivity contribution in [3.05, 3.63) is 66.1 Å². The van der Waals surface area contributed by atoms with Crippen molar-refractivity contribution in [1.82, 2.24) is 4.98 Å². The van der Waals surface area contributed by atoms with Crippen LogP contribution in [-0.4, -0.2) is 39.6 Å². The zero-order chi connectivity index (χ0) is 22.6. The van der Waals surface area contributed by atoms with Crippen molar-refractivity contribution in [2.75, 3.05) is 37.3 Å². The Labute approximate surface area is 180 Å². The molecular weight excluding hydrogens is 421 g/mol. The summed E-state index contributed by atoms with van der Waals surface area (Å²) in [6.45, 7) is 0. The number of nitrogen functional groups attached to an aromatic ring is 1. The van der Waals surface area contributed by atoms with E-state index >= 15 is 0 Å². The van der Waals surface area contributed by atoms with Crippen LogP contribution in [0.2, 0.25) is 0 Å². The van der Waals surface area contributed by atoms with Gasteiger partial charge in [-0.15, -0.1) is 0 Å². The summed E-state index contributed by atoms with van der Waals surface area (Å²) in [7, 11) is -0.357. The molecule has 1 heterocycles. The molecule has 1 aromatic heterocycles. The minimum absolute atomic E-state index is 0.214. The predicted molar refractivity (Wildman–Crippen MR) is 120 cm³/mol. The van der Waals surface area contributed by atoms with Gasteiger partial charge in [-0.25, -0.2) is 17.8 Å². The van der Waals surface area contributed by atoms with Crippen LogP contribution in [0.5, 0.6) is 11.5 Å². The van der Waals surface area contributed by atoms with Crippen molar-refractivity contribution in [3.8, 4) is 22.6 Å². The number of rotatable bonds is 8. The van der Waals surface area contributed by atoms with Gasteiger partial charge in [0.1, 0.15) is 21.5 Å². The Morgan fingerprint density at radius 1 is 1.06 bits per heavy atom. The van der Waals surface area contributed by atoms with Crippen molar-refractivity contribution in [3.63, 3.8) is 0 Å². The summed E-state index contributed by atoms with van der Waals surface area (Å²) in [6.07, 6.45) is 2.64. The van der Waals surface area contributed by atoms with E-state index < -0.39 is 21.7 Å². The van der Waals surface area contributed by atoms with Gasteiger partial charge in [-0.2, -0.15) is 0 Å². The summed E-state index contributed by atoms with van der Waals surface area (Å²) in [5.41, 5.74) is 7.93. The van der Waals surface area contributed by atoms with E-state index in [1.54, 1.807) is 42.5 Å². The molecule has 0 bridgehead atoms. The van der Waals surface area contributed by atoms with E-state index in [2.05, 4.69) is 10.3 Å². The molecule has 0 aliphatic rings. The second kappa shape index (κ2) is 9.22. The second-order valence-electron chi connectivity index (χ2n) is 7.00. The Kier molecular flexibility index (Phi) is 6.65. The zero-order valence-corrected chi connectivity index (χ0v) is 18.2. The van der Waals surface area contributed by atoms with Gasteiger partial charge in [0.05, 0.1) is 31.7 Å². The number of nitrogens with one attached hydrogen (secondary N) is 1. The molecule has 9 heteroatoms. The maximum Gasteiger partial charge on any atom is 0.161 e. The number of hydrogen-bond acceptors (Lipinski definition) is 7. The average Bonchev–Trinajstić information content (AvgIpc) is 2.74. The normalized spacial score (nSPS) is 12.3. The van der Waals surface area contributed by atoms with E-state index in [1.807, 2.05) is 0 Å². The molecular formula is C22H24FN3O4S. The first-order chi connectivity index (χ1) is 14.7. The molecule has 0 saturated carbocycles. The molecule has 3 aromatic rings. The fraction of sp³-hybridized carbons (Fsp3) is 0.227. The monoisotopic (exact) mass is 445 g/mol. The third kappa shape index (κ3) is 5.24. The maximum atomic E-state index is 14.3. The van der Waals surface area contributed by atoms with Crippen molar-refractivity contribution in [2.24, 2.45) is 0 Å². The van der Waals surface area contributed by atoms with E-state index in [0.717, 1.165) is 6.26 Å². The number of ether oxygens (including phenoxy) is 2. The summed E-state index contributed by atoms with van der Waals surface area (Å²) in [5.74, 6) is 0.598. The maximum absolute atomic E-state index is 14.3. The second-order valence-corrected chi connectivity index (χ2v) is 9.19. The van der Waals surface area contributed by atoms with Crippen molar-refractivity contribution in [2.45, 2.75) is 6.04 Å². The molecule has 3 N–H and O–H groups in total. The molecule has 0 spiro atoms. The molecule has 1 atom stereocenters. The quantitative estimate of drug-likeness (QED) is 0.545. The zero-order valence-electron chi connectivity index (χ0n) is 17.4. The van der Waals surface area contributed by atoms with Crippen LogP contribution < -0.4 is 20.5 Å². The van der Waals surface area contributed by atoms with Gasteiger partial charge in [0.15, 0.2) is 11.5 Å². The van der Waals surface area contributed by atoms with Crippen LogP contribution in [0, 0.1) is 5.82 Å². The van der Waals surface area contributed by atoms with Crippen LogP contribution in [-0.2, 0) is 9.84 Å². The highest BCUT2D eigenvalue weighted by Crippen LogP contribution is 2.35. The van der Waals surface area contributed by atoms with Crippen LogP contribution in [0.1, 0.15) is 11.6 Å². The van der Waals surface area contributed by atoms with Gasteiger partial charge in [0, 0.05) is 23.6 Å². The lowest BCUT2D eigenvalue weighted by molar-refractivity contribution is 0.354. The number of nitrogens with zero attached hydrogens (tertiary/aromatic N) is 1. The number of nitrogens with two attached hydrogens (primary N) is 1. The lowest BCUT2D eigenvalue weighted by Crippen LogP contribution is -2.22. The first-order valence-electron chi connectivity index (χ1n) is 9.39. The number of pyridine rings is 1. The van der Waals surface area contributed by atoms with Gasteiger partial charge in [0.25, 0.3) is 0 Å². The number of aromatic nitrogens is 1. The fourth-order valence-corrected chi connectivity index (χ4v) is 4.14. The van der Waals surface area contributed by atoms with E-state index in [-0.39, 0.29) is 17.3 Å². The molecule has 0 radical (unpaired) electrons. The summed E-state index contributed by atoms with van der Waals surface area (Å²) >= 11 is 0. The van der Waals surface area contributed by atoms with Gasteiger partial charge in [0.2, 0.25) is 0 Å². The summed E-state index contributed by atoms with van der Waals surface area (Å²) in [5, 5.41) is 3.10. The Balaban J connectivity index is 2.03. The van der Waals surface area contributed by atoms with Gasteiger partial charge < -0.3 is 20.5 Å². The standard InChI is InChI=1S/C22H24FN3O4S/c1-29-19-9-8-14(12-20(19)30-2)18(13-31(3,27)28)26-22-21(24)16(10-11-25-22)15-6-4-5-7-17(15)23/h4-12,18H,13,24H2,1-3H3,(H,25,26). The van der Waals surface area contributed by atoms with Crippen molar-refractivity contribution in [1.29, 1.82) is 0 Å². The third-order valence-electron chi connectivity index (χ3n) is 4.74. The molecule has 31 heavy (non-hydrogen) atoms. The minimum atomic E-state index is -3.37. The Morgan fingerprint density at radius 2 is 1.77 bits per heavy atom. The molecule has 0 fully saturated rings. The van der Waals surface area contributed by atoms with Crippen LogP contribution in [0.25, 0.3) is 11.1 Å². The molecule has 0 aliphatic heterocycles. The van der Waals surface area contributed by atoms with Gasteiger partial charge in [-0.3, -0.25) is 0 Å². The van der Waals surface area contributed by atoms with Crippen LogP contribution in [0.15, 0.2) is 54.7 Å². The van der Waals surface area contributed by atoms with E-state index in [0.29, 0.717) is 28.2 Å². The highest BCUT2D eigenvalue weighted by atomic mass is 32.2. The Bertz CT molecular complexity index is 1190. The third-order valence-corrected chi connectivity index (χ3v) is 5.68. The SMILES string of the molecule is COc1ccc(C(CS(C)(=O)=O)Nc2nccc(-c3ccccc3F)c2N)cc1OC. The molecule has 2 aromatic carbocycles. The number of sulfone groups is 1.